The number of hydrogen-bond donors (Lipinski definition) is 2. The van der Waals surface area contributed by atoms with Crippen LogP contribution in [0.3, 0.4) is 0 Å². The van der Waals surface area contributed by atoms with Gasteiger partial charge in [-0.25, -0.2) is 4.98 Å². The van der Waals surface area contributed by atoms with Crippen molar-refractivity contribution in [3.05, 3.63) is 9.98 Å². The minimum atomic E-state index is 0.208. The number of nitrogens with zero attached hydrogens (tertiary/aromatic N) is 1. The van der Waals surface area contributed by atoms with Crippen LogP contribution >= 0.6 is 27.3 Å². The molecule has 0 spiro atoms. The zero-order chi connectivity index (χ0) is 8.97. The molecule has 0 aromatic carbocycles. The molecule has 1 rings (SSSR count). The highest BCUT2D eigenvalue weighted by Crippen LogP contribution is 2.22. The summed E-state index contributed by atoms with van der Waals surface area (Å²) in [4.78, 5) is 4.10. The highest BCUT2D eigenvalue weighted by atomic mass is 79.9. The Hall–Kier alpha value is -0.130. The Kier molecular flexibility index (Phi) is 3.97. The molecule has 68 valence electrons. The lowest BCUT2D eigenvalue weighted by Crippen LogP contribution is -2.14. The van der Waals surface area contributed by atoms with Crippen molar-refractivity contribution in [2.24, 2.45) is 5.92 Å². The van der Waals surface area contributed by atoms with Gasteiger partial charge in [0.15, 0.2) is 5.13 Å². The largest absolute Gasteiger partial charge is 0.396 e. The van der Waals surface area contributed by atoms with Gasteiger partial charge < -0.3 is 10.4 Å². The summed E-state index contributed by atoms with van der Waals surface area (Å²) in [7, 11) is 0. The van der Waals surface area contributed by atoms with E-state index in [2.05, 4.69) is 26.2 Å². The lowest BCUT2D eigenvalue weighted by Gasteiger charge is -2.07. The third-order valence-corrected chi connectivity index (χ3v) is 2.82. The van der Waals surface area contributed by atoms with E-state index in [1.165, 1.54) is 0 Å². The SMILES string of the molecule is CC(CO)CNc1ncc(Br)s1. The van der Waals surface area contributed by atoms with Crippen molar-refractivity contribution in [2.45, 2.75) is 6.92 Å². The van der Waals surface area contributed by atoms with Crippen LogP contribution in [0, 0.1) is 5.92 Å². The standard InChI is InChI=1S/C7H11BrN2OS/c1-5(4-11)2-9-7-10-3-6(8)12-7/h3,5,11H,2,4H2,1H3,(H,9,10). The van der Waals surface area contributed by atoms with Crippen molar-refractivity contribution < 1.29 is 5.11 Å². The monoisotopic (exact) mass is 250 g/mol. The van der Waals surface area contributed by atoms with Gasteiger partial charge >= 0.3 is 0 Å². The number of hydrogen-bond acceptors (Lipinski definition) is 4. The molecule has 0 saturated carbocycles. The highest BCUT2D eigenvalue weighted by molar-refractivity contribution is 9.11. The van der Waals surface area contributed by atoms with E-state index in [4.69, 9.17) is 5.11 Å². The highest BCUT2D eigenvalue weighted by Gasteiger charge is 2.01. The van der Waals surface area contributed by atoms with E-state index in [-0.39, 0.29) is 12.5 Å². The quantitative estimate of drug-likeness (QED) is 0.859. The molecule has 0 aliphatic rings. The van der Waals surface area contributed by atoms with Gasteiger partial charge in [-0.3, -0.25) is 0 Å². The Morgan fingerprint density at radius 3 is 3.08 bits per heavy atom. The first-order valence-electron chi connectivity index (χ1n) is 3.68. The number of anilines is 1. The molecule has 1 atom stereocenters. The second-order valence-electron chi connectivity index (χ2n) is 2.64. The van der Waals surface area contributed by atoms with E-state index in [1.807, 2.05) is 6.92 Å². The van der Waals surface area contributed by atoms with Crippen LogP contribution in [-0.2, 0) is 0 Å². The van der Waals surface area contributed by atoms with Crippen LogP contribution < -0.4 is 5.32 Å². The number of nitrogens with one attached hydrogen (secondary N) is 1. The molecule has 0 bridgehead atoms. The molecule has 1 heterocycles. The number of aliphatic hydroxyl groups is 1. The van der Waals surface area contributed by atoms with Gasteiger partial charge in [0.25, 0.3) is 0 Å². The maximum absolute atomic E-state index is 8.75. The first-order chi connectivity index (χ1) is 5.72. The number of halogens is 1. The van der Waals surface area contributed by atoms with Crippen LogP contribution in [0.4, 0.5) is 5.13 Å². The minimum absolute atomic E-state index is 0.208. The number of thiazole rings is 1. The maximum atomic E-state index is 8.75. The fourth-order valence-electron chi connectivity index (χ4n) is 0.662. The topological polar surface area (TPSA) is 45.1 Å². The predicted octanol–water partition coefficient (Wildman–Crippen LogP) is 1.95. The average molecular weight is 251 g/mol. The predicted molar refractivity (Wildman–Crippen MR) is 54.6 cm³/mol. The van der Waals surface area contributed by atoms with E-state index in [0.717, 1.165) is 15.5 Å². The Morgan fingerprint density at radius 2 is 2.58 bits per heavy atom. The summed E-state index contributed by atoms with van der Waals surface area (Å²) in [6.45, 7) is 2.95. The Morgan fingerprint density at radius 1 is 1.83 bits per heavy atom. The van der Waals surface area contributed by atoms with Crippen LogP contribution in [0.15, 0.2) is 9.98 Å². The molecule has 3 nitrogen and oxygen atoms in total. The molecule has 2 N–H and O–H groups in total. The van der Waals surface area contributed by atoms with Gasteiger partial charge in [-0.2, -0.15) is 0 Å². The minimum Gasteiger partial charge on any atom is -0.396 e. The number of aromatic nitrogens is 1. The van der Waals surface area contributed by atoms with Crippen molar-refractivity contribution in [1.29, 1.82) is 0 Å². The lowest BCUT2D eigenvalue weighted by atomic mass is 10.2. The Bertz CT molecular complexity index is 241. The van der Waals surface area contributed by atoms with Gasteiger partial charge in [0.1, 0.15) is 0 Å². The normalized spacial score (nSPS) is 12.9. The fourth-order valence-corrected chi connectivity index (χ4v) is 1.78. The molecule has 0 saturated heterocycles. The zero-order valence-electron chi connectivity index (χ0n) is 6.75. The van der Waals surface area contributed by atoms with Gasteiger partial charge in [-0.1, -0.05) is 18.3 Å². The summed E-state index contributed by atoms with van der Waals surface area (Å²) in [6.07, 6.45) is 1.76. The van der Waals surface area contributed by atoms with Gasteiger partial charge in [-0.15, -0.1) is 0 Å². The van der Waals surface area contributed by atoms with Crippen LogP contribution in [0.2, 0.25) is 0 Å². The molecule has 0 aliphatic carbocycles. The van der Waals surface area contributed by atoms with Gasteiger partial charge in [0.2, 0.25) is 0 Å². The summed E-state index contributed by atoms with van der Waals surface area (Å²) in [5.41, 5.74) is 0. The molecular formula is C7H11BrN2OS. The molecule has 1 unspecified atom stereocenters. The molecule has 0 radical (unpaired) electrons. The first kappa shape index (κ1) is 9.95. The third kappa shape index (κ3) is 3.08. The van der Waals surface area contributed by atoms with Crippen LogP contribution in [0.5, 0.6) is 0 Å². The van der Waals surface area contributed by atoms with Gasteiger partial charge in [0.05, 0.1) is 9.98 Å². The summed E-state index contributed by atoms with van der Waals surface area (Å²) < 4.78 is 1.02. The van der Waals surface area contributed by atoms with Crippen molar-refractivity contribution in [1.82, 2.24) is 4.98 Å². The molecule has 5 heteroatoms. The van der Waals surface area contributed by atoms with Crippen molar-refractivity contribution in [3.63, 3.8) is 0 Å². The van der Waals surface area contributed by atoms with E-state index in [1.54, 1.807) is 17.5 Å². The summed E-state index contributed by atoms with van der Waals surface area (Å²) in [5.74, 6) is 0.271. The molecule has 0 fully saturated rings. The van der Waals surface area contributed by atoms with Crippen molar-refractivity contribution in [2.75, 3.05) is 18.5 Å². The molecule has 0 amide bonds. The van der Waals surface area contributed by atoms with E-state index in [0.29, 0.717) is 0 Å². The zero-order valence-corrected chi connectivity index (χ0v) is 9.15. The second-order valence-corrected chi connectivity index (χ2v) is 5.05. The molecule has 0 aliphatic heterocycles. The second kappa shape index (κ2) is 4.79. The Labute approximate surface area is 84.0 Å². The van der Waals surface area contributed by atoms with E-state index >= 15 is 0 Å². The molecule has 1 aromatic rings. The number of aliphatic hydroxyl groups excluding tert-OH is 1. The van der Waals surface area contributed by atoms with Crippen LogP contribution in [-0.4, -0.2) is 23.2 Å². The van der Waals surface area contributed by atoms with E-state index < -0.39 is 0 Å². The van der Waals surface area contributed by atoms with E-state index in [9.17, 15) is 0 Å². The summed E-state index contributed by atoms with van der Waals surface area (Å²) >= 11 is 4.88. The smallest absolute Gasteiger partial charge is 0.183 e. The third-order valence-electron chi connectivity index (χ3n) is 1.39. The fraction of sp³-hybridized carbons (Fsp3) is 0.571. The van der Waals surface area contributed by atoms with Gasteiger partial charge in [-0.05, 0) is 21.8 Å². The lowest BCUT2D eigenvalue weighted by molar-refractivity contribution is 0.244. The van der Waals surface area contributed by atoms with Crippen LogP contribution in [0.1, 0.15) is 6.92 Å². The summed E-state index contributed by atoms with van der Waals surface area (Å²) in [6, 6.07) is 0. The van der Waals surface area contributed by atoms with Crippen LogP contribution in [0.25, 0.3) is 0 Å². The maximum Gasteiger partial charge on any atom is 0.183 e. The van der Waals surface area contributed by atoms with Crippen molar-refractivity contribution in [3.8, 4) is 0 Å². The summed E-state index contributed by atoms with van der Waals surface area (Å²) in [5, 5.41) is 12.8. The van der Waals surface area contributed by atoms with Crippen molar-refractivity contribution >= 4 is 32.4 Å². The first-order valence-corrected chi connectivity index (χ1v) is 5.29. The van der Waals surface area contributed by atoms with Gasteiger partial charge in [0, 0.05) is 13.2 Å². The molecule has 1 aromatic heterocycles. The average Bonchev–Trinajstić information content (AvgIpc) is 2.47. The molecular weight excluding hydrogens is 240 g/mol. The molecule has 12 heavy (non-hydrogen) atoms. The Balaban J connectivity index is 2.33. The number of rotatable bonds is 4.